The molecule has 4 heteroatoms. The van der Waals surface area contributed by atoms with E-state index in [2.05, 4.69) is 15.9 Å². The molecule has 1 fully saturated rings. The third kappa shape index (κ3) is 2.87. The highest BCUT2D eigenvalue weighted by molar-refractivity contribution is 9.09. The second-order valence-corrected chi connectivity index (χ2v) is 4.98. The van der Waals surface area contributed by atoms with Crippen LogP contribution >= 0.6 is 15.9 Å². The molecule has 0 N–H and O–H groups in total. The van der Waals surface area contributed by atoms with Crippen LogP contribution < -0.4 is 4.90 Å². The van der Waals surface area contributed by atoms with Crippen molar-refractivity contribution in [1.29, 1.82) is 0 Å². The van der Waals surface area contributed by atoms with E-state index in [0.717, 1.165) is 23.1 Å². The van der Waals surface area contributed by atoms with Crippen molar-refractivity contribution in [3.05, 3.63) is 29.8 Å². The molecule has 0 spiro atoms. The zero-order valence-electron chi connectivity index (χ0n) is 9.86. The zero-order valence-corrected chi connectivity index (χ0v) is 11.4. The van der Waals surface area contributed by atoms with Gasteiger partial charge in [-0.3, -0.25) is 4.79 Å². The third-order valence-electron chi connectivity index (χ3n) is 2.98. The summed E-state index contributed by atoms with van der Waals surface area (Å²) in [4.78, 5) is 13.7. The molecule has 2 rings (SSSR count). The molecule has 0 saturated carbocycles. The molecule has 92 valence electrons. The summed E-state index contributed by atoms with van der Waals surface area (Å²) in [6.07, 6.45) is 0.644. The molecule has 1 amide bonds. The molecule has 1 saturated heterocycles. The predicted molar refractivity (Wildman–Crippen MR) is 71.4 cm³/mol. The molecule has 0 aromatic heterocycles. The number of rotatable bonds is 4. The number of carbonyl (C=O) groups excluding carboxylic acids is 1. The Kier molecular flexibility index (Phi) is 4.18. The maximum absolute atomic E-state index is 11.8. The summed E-state index contributed by atoms with van der Waals surface area (Å²) < 4.78 is 5.06. The molecule has 1 aromatic carbocycles. The van der Waals surface area contributed by atoms with Gasteiger partial charge in [-0.2, -0.15) is 0 Å². The molecular weight excluding hydrogens is 282 g/mol. The normalized spacial score (nSPS) is 20.0. The standard InChI is InChI=1S/C13H16BrNO2/c1-17-9-10-2-4-12(5-3-10)15-8-11(7-14)6-13(15)16/h2-5,11H,6-9H2,1H3. The Bertz CT molecular complexity index is 391. The van der Waals surface area contributed by atoms with Crippen LogP contribution in [0.15, 0.2) is 24.3 Å². The number of hydrogen-bond donors (Lipinski definition) is 0. The van der Waals surface area contributed by atoms with E-state index < -0.39 is 0 Å². The van der Waals surface area contributed by atoms with Gasteiger partial charge in [0.05, 0.1) is 6.61 Å². The van der Waals surface area contributed by atoms with Gasteiger partial charge < -0.3 is 9.64 Å². The number of halogens is 1. The van der Waals surface area contributed by atoms with Crippen molar-refractivity contribution in [3.63, 3.8) is 0 Å². The Labute approximate surface area is 110 Å². The largest absolute Gasteiger partial charge is 0.380 e. The fourth-order valence-electron chi connectivity index (χ4n) is 2.07. The van der Waals surface area contributed by atoms with Gasteiger partial charge in [-0.1, -0.05) is 28.1 Å². The highest BCUT2D eigenvalue weighted by Crippen LogP contribution is 2.26. The first kappa shape index (κ1) is 12.6. The first-order valence-corrected chi connectivity index (χ1v) is 6.81. The third-order valence-corrected chi connectivity index (χ3v) is 3.90. The molecule has 0 radical (unpaired) electrons. The Morgan fingerprint density at radius 1 is 1.41 bits per heavy atom. The highest BCUT2D eigenvalue weighted by atomic mass is 79.9. The number of methoxy groups -OCH3 is 1. The molecule has 1 heterocycles. The monoisotopic (exact) mass is 297 g/mol. The van der Waals surface area contributed by atoms with E-state index in [-0.39, 0.29) is 5.91 Å². The van der Waals surface area contributed by atoms with Gasteiger partial charge in [-0.25, -0.2) is 0 Å². The summed E-state index contributed by atoms with van der Waals surface area (Å²) in [6.45, 7) is 1.42. The van der Waals surface area contributed by atoms with Crippen molar-refractivity contribution in [2.24, 2.45) is 5.92 Å². The van der Waals surface area contributed by atoms with Crippen LogP contribution in [0.1, 0.15) is 12.0 Å². The molecule has 1 unspecified atom stereocenters. The average Bonchev–Trinajstić information content (AvgIpc) is 2.72. The lowest BCUT2D eigenvalue weighted by Gasteiger charge is -2.16. The van der Waals surface area contributed by atoms with Crippen LogP contribution in [0, 0.1) is 5.92 Å². The summed E-state index contributed by atoms with van der Waals surface area (Å²) in [5.41, 5.74) is 2.11. The van der Waals surface area contributed by atoms with Crippen LogP contribution in [0.3, 0.4) is 0 Å². The van der Waals surface area contributed by atoms with E-state index in [1.165, 1.54) is 0 Å². The Morgan fingerprint density at radius 3 is 2.65 bits per heavy atom. The second kappa shape index (κ2) is 5.65. The Balaban J connectivity index is 2.09. The SMILES string of the molecule is COCc1ccc(N2CC(CBr)CC2=O)cc1. The van der Waals surface area contributed by atoms with Crippen molar-refractivity contribution in [1.82, 2.24) is 0 Å². The van der Waals surface area contributed by atoms with Gasteiger partial charge in [0.25, 0.3) is 0 Å². The lowest BCUT2D eigenvalue weighted by atomic mass is 10.2. The van der Waals surface area contributed by atoms with Crippen LogP contribution in [-0.2, 0) is 16.1 Å². The smallest absolute Gasteiger partial charge is 0.227 e. The predicted octanol–water partition coefficient (Wildman–Crippen LogP) is 2.58. The number of nitrogens with zero attached hydrogens (tertiary/aromatic N) is 1. The van der Waals surface area contributed by atoms with Crippen molar-refractivity contribution in [2.75, 3.05) is 23.9 Å². The van der Waals surface area contributed by atoms with Gasteiger partial charge in [-0.05, 0) is 23.6 Å². The summed E-state index contributed by atoms with van der Waals surface area (Å²) in [7, 11) is 1.68. The maximum Gasteiger partial charge on any atom is 0.227 e. The zero-order chi connectivity index (χ0) is 12.3. The molecule has 3 nitrogen and oxygen atoms in total. The van der Waals surface area contributed by atoms with Gasteiger partial charge in [0.1, 0.15) is 0 Å². The van der Waals surface area contributed by atoms with Crippen molar-refractivity contribution >= 4 is 27.5 Å². The molecule has 1 atom stereocenters. The molecular formula is C13H16BrNO2. The Hall–Kier alpha value is -0.870. The van der Waals surface area contributed by atoms with Gasteiger partial charge in [0, 0.05) is 31.1 Å². The fourth-order valence-corrected chi connectivity index (χ4v) is 2.51. The molecule has 1 aliphatic rings. The van der Waals surface area contributed by atoms with Crippen molar-refractivity contribution in [2.45, 2.75) is 13.0 Å². The van der Waals surface area contributed by atoms with Gasteiger partial charge in [0.2, 0.25) is 5.91 Å². The number of anilines is 1. The van der Waals surface area contributed by atoms with Crippen molar-refractivity contribution < 1.29 is 9.53 Å². The van der Waals surface area contributed by atoms with Crippen LogP contribution in [0.5, 0.6) is 0 Å². The first-order chi connectivity index (χ1) is 8.24. The quantitative estimate of drug-likeness (QED) is 0.800. The lowest BCUT2D eigenvalue weighted by Crippen LogP contribution is -2.24. The van der Waals surface area contributed by atoms with Crippen LogP contribution in [0.2, 0.25) is 0 Å². The van der Waals surface area contributed by atoms with Gasteiger partial charge in [-0.15, -0.1) is 0 Å². The van der Waals surface area contributed by atoms with Crippen molar-refractivity contribution in [3.8, 4) is 0 Å². The molecule has 0 aliphatic carbocycles. The average molecular weight is 298 g/mol. The van der Waals surface area contributed by atoms with Gasteiger partial charge >= 0.3 is 0 Å². The summed E-state index contributed by atoms with van der Waals surface area (Å²) >= 11 is 3.44. The summed E-state index contributed by atoms with van der Waals surface area (Å²) in [5.74, 6) is 0.648. The maximum atomic E-state index is 11.8. The number of benzene rings is 1. The van der Waals surface area contributed by atoms with Crippen LogP contribution in [0.25, 0.3) is 0 Å². The number of amides is 1. The second-order valence-electron chi connectivity index (χ2n) is 4.33. The number of ether oxygens (including phenoxy) is 1. The number of hydrogen-bond acceptors (Lipinski definition) is 2. The molecule has 1 aliphatic heterocycles. The summed E-state index contributed by atoms with van der Waals surface area (Å²) in [6, 6.07) is 7.99. The van der Waals surface area contributed by atoms with E-state index in [9.17, 15) is 4.79 Å². The number of carbonyl (C=O) groups is 1. The fraction of sp³-hybridized carbons (Fsp3) is 0.462. The Morgan fingerprint density at radius 2 is 2.12 bits per heavy atom. The topological polar surface area (TPSA) is 29.5 Å². The van der Waals surface area contributed by atoms with E-state index in [1.807, 2.05) is 29.2 Å². The minimum absolute atomic E-state index is 0.217. The number of alkyl halides is 1. The van der Waals surface area contributed by atoms with Gasteiger partial charge in [0.15, 0.2) is 0 Å². The van der Waals surface area contributed by atoms with Crippen LogP contribution in [-0.4, -0.2) is 24.9 Å². The summed E-state index contributed by atoms with van der Waals surface area (Å²) in [5, 5.41) is 0.886. The van der Waals surface area contributed by atoms with E-state index in [4.69, 9.17) is 4.74 Å². The minimum atomic E-state index is 0.217. The van der Waals surface area contributed by atoms with E-state index >= 15 is 0 Å². The molecule has 1 aromatic rings. The molecule has 17 heavy (non-hydrogen) atoms. The molecule has 0 bridgehead atoms. The first-order valence-electron chi connectivity index (χ1n) is 5.68. The lowest BCUT2D eigenvalue weighted by molar-refractivity contribution is -0.117. The van der Waals surface area contributed by atoms with E-state index in [0.29, 0.717) is 18.9 Å². The minimum Gasteiger partial charge on any atom is -0.380 e. The van der Waals surface area contributed by atoms with E-state index in [1.54, 1.807) is 7.11 Å². The highest BCUT2D eigenvalue weighted by Gasteiger charge is 2.29. The van der Waals surface area contributed by atoms with Crippen LogP contribution in [0.4, 0.5) is 5.69 Å².